The summed E-state index contributed by atoms with van der Waals surface area (Å²) in [6, 6.07) is 1.04. The van der Waals surface area contributed by atoms with E-state index < -0.39 is 23.4 Å². The number of nitrogens with zero attached hydrogens (tertiary/aromatic N) is 4. The predicted molar refractivity (Wildman–Crippen MR) is 85.7 cm³/mol. The van der Waals surface area contributed by atoms with Crippen LogP contribution in [0, 0.1) is 5.82 Å². The number of pyridine rings is 1. The summed E-state index contributed by atoms with van der Waals surface area (Å²) < 4.78 is 18.7. The predicted octanol–water partition coefficient (Wildman–Crippen LogP) is 2.47. The van der Waals surface area contributed by atoms with Gasteiger partial charge >= 0.3 is 6.09 Å². The fourth-order valence-electron chi connectivity index (χ4n) is 1.83. The van der Waals surface area contributed by atoms with E-state index >= 15 is 0 Å². The number of rotatable bonds is 4. The Kier molecular flexibility index (Phi) is 5.26. The van der Waals surface area contributed by atoms with Crippen molar-refractivity contribution in [3.05, 3.63) is 41.6 Å². The lowest BCUT2D eigenvalue weighted by molar-refractivity contribution is 0.0574. The Bertz CT molecular complexity index is 775. The Morgan fingerprint density at radius 2 is 1.92 bits per heavy atom. The largest absolute Gasteiger partial charge is 0.493 e. The van der Waals surface area contributed by atoms with Crippen molar-refractivity contribution < 1.29 is 23.8 Å². The third kappa shape index (κ3) is 4.93. The Morgan fingerprint density at radius 1 is 1.28 bits per heavy atom. The number of amides is 1. The number of aromatic hydroxyl groups is 1. The number of carbonyl (C=O) groups is 2. The summed E-state index contributed by atoms with van der Waals surface area (Å²) in [6.07, 6.45) is 3.08. The number of hydrogen-bond acceptors (Lipinski definition) is 7. The quantitative estimate of drug-likeness (QED) is 0.846. The molecule has 0 unspecified atom stereocenters. The zero-order chi connectivity index (χ0) is 18.6. The SMILES string of the molecule is CC(C)(C)OC(=O)N(Cc1cc(F)cnc1O)c1ncc(C=O)cn1. The molecule has 0 spiro atoms. The minimum atomic E-state index is -0.796. The molecule has 132 valence electrons. The third-order valence-corrected chi connectivity index (χ3v) is 2.89. The van der Waals surface area contributed by atoms with Crippen LogP contribution in [0.25, 0.3) is 0 Å². The summed E-state index contributed by atoms with van der Waals surface area (Å²) in [6.45, 7) is 4.77. The van der Waals surface area contributed by atoms with E-state index in [-0.39, 0.29) is 23.6 Å². The molecular weight excluding hydrogens is 331 g/mol. The van der Waals surface area contributed by atoms with Gasteiger partial charge in [-0.05, 0) is 26.8 Å². The first-order chi connectivity index (χ1) is 11.7. The summed E-state index contributed by atoms with van der Waals surface area (Å²) in [5.74, 6) is -1.17. The first-order valence-corrected chi connectivity index (χ1v) is 7.31. The molecule has 0 aliphatic heterocycles. The van der Waals surface area contributed by atoms with Crippen LogP contribution < -0.4 is 4.90 Å². The van der Waals surface area contributed by atoms with Gasteiger partial charge in [-0.25, -0.2) is 29.0 Å². The summed E-state index contributed by atoms with van der Waals surface area (Å²) in [7, 11) is 0. The second kappa shape index (κ2) is 7.20. The Labute approximate surface area is 143 Å². The minimum absolute atomic E-state index is 0.0499. The van der Waals surface area contributed by atoms with E-state index in [9.17, 15) is 19.1 Å². The average molecular weight is 348 g/mol. The molecule has 25 heavy (non-hydrogen) atoms. The summed E-state index contributed by atoms with van der Waals surface area (Å²) in [5, 5.41) is 9.78. The topological polar surface area (TPSA) is 106 Å². The molecule has 8 nitrogen and oxygen atoms in total. The molecule has 2 heterocycles. The van der Waals surface area contributed by atoms with Gasteiger partial charge in [0, 0.05) is 18.0 Å². The molecule has 1 N–H and O–H groups in total. The minimum Gasteiger partial charge on any atom is -0.493 e. The second-order valence-electron chi connectivity index (χ2n) is 6.14. The van der Waals surface area contributed by atoms with Crippen LogP contribution in [0.3, 0.4) is 0 Å². The highest BCUT2D eigenvalue weighted by Gasteiger charge is 2.26. The molecule has 0 aliphatic carbocycles. The van der Waals surface area contributed by atoms with Gasteiger partial charge in [0.2, 0.25) is 11.8 Å². The lowest BCUT2D eigenvalue weighted by Gasteiger charge is -2.26. The van der Waals surface area contributed by atoms with Crippen LogP contribution >= 0.6 is 0 Å². The van der Waals surface area contributed by atoms with Crippen molar-refractivity contribution in [1.82, 2.24) is 15.0 Å². The van der Waals surface area contributed by atoms with E-state index in [0.717, 1.165) is 17.2 Å². The van der Waals surface area contributed by atoms with Gasteiger partial charge in [0.05, 0.1) is 18.3 Å². The van der Waals surface area contributed by atoms with Crippen LogP contribution in [-0.2, 0) is 11.3 Å². The fraction of sp³-hybridized carbons (Fsp3) is 0.312. The molecule has 0 saturated heterocycles. The lowest BCUT2D eigenvalue weighted by atomic mass is 10.2. The molecule has 2 aromatic rings. The number of carbonyl (C=O) groups excluding carboxylic acids is 2. The normalized spacial score (nSPS) is 11.0. The van der Waals surface area contributed by atoms with Gasteiger partial charge in [-0.2, -0.15) is 0 Å². The number of aldehydes is 1. The molecule has 0 radical (unpaired) electrons. The van der Waals surface area contributed by atoms with E-state index in [1.165, 1.54) is 12.4 Å². The number of aromatic nitrogens is 3. The zero-order valence-electron chi connectivity index (χ0n) is 13.9. The van der Waals surface area contributed by atoms with E-state index in [2.05, 4.69) is 15.0 Å². The van der Waals surface area contributed by atoms with Crippen molar-refractivity contribution in [2.24, 2.45) is 0 Å². The van der Waals surface area contributed by atoms with Gasteiger partial charge in [0.25, 0.3) is 0 Å². The van der Waals surface area contributed by atoms with Crippen molar-refractivity contribution in [2.45, 2.75) is 32.9 Å². The van der Waals surface area contributed by atoms with Crippen molar-refractivity contribution >= 4 is 18.3 Å². The molecule has 2 rings (SSSR count). The number of halogens is 1. The monoisotopic (exact) mass is 348 g/mol. The van der Waals surface area contributed by atoms with Crippen LogP contribution in [0.15, 0.2) is 24.7 Å². The summed E-state index contributed by atoms with van der Waals surface area (Å²) >= 11 is 0. The second-order valence-corrected chi connectivity index (χ2v) is 6.14. The first-order valence-electron chi connectivity index (χ1n) is 7.31. The van der Waals surface area contributed by atoms with Crippen LogP contribution in [-0.4, -0.2) is 38.0 Å². The molecule has 0 aliphatic rings. The first kappa shape index (κ1) is 18.2. The Morgan fingerprint density at radius 3 is 2.48 bits per heavy atom. The summed E-state index contributed by atoms with van der Waals surface area (Å²) in [5.41, 5.74) is -0.516. The van der Waals surface area contributed by atoms with Crippen LogP contribution in [0.4, 0.5) is 15.1 Å². The molecule has 0 aromatic carbocycles. The lowest BCUT2D eigenvalue weighted by Crippen LogP contribution is -2.37. The van der Waals surface area contributed by atoms with Gasteiger partial charge in [0.1, 0.15) is 11.4 Å². The van der Waals surface area contributed by atoms with Crippen molar-refractivity contribution in [2.75, 3.05) is 4.90 Å². The molecule has 0 fully saturated rings. The highest BCUT2D eigenvalue weighted by molar-refractivity contribution is 5.86. The Balaban J connectivity index is 2.38. The molecule has 9 heteroatoms. The molecule has 0 atom stereocenters. The van der Waals surface area contributed by atoms with E-state index in [4.69, 9.17) is 4.74 Å². The van der Waals surface area contributed by atoms with Gasteiger partial charge in [-0.15, -0.1) is 0 Å². The maximum atomic E-state index is 13.4. The van der Waals surface area contributed by atoms with Gasteiger partial charge in [-0.1, -0.05) is 0 Å². The zero-order valence-corrected chi connectivity index (χ0v) is 13.9. The van der Waals surface area contributed by atoms with Gasteiger partial charge in [-0.3, -0.25) is 4.79 Å². The molecular formula is C16H17FN4O4. The van der Waals surface area contributed by atoms with Crippen LogP contribution in [0.1, 0.15) is 36.7 Å². The van der Waals surface area contributed by atoms with Crippen molar-refractivity contribution in [1.29, 1.82) is 0 Å². The van der Waals surface area contributed by atoms with Crippen molar-refractivity contribution in [3.8, 4) is 5.88 Å². The highest BCUT2D eigenvalue weighted by Crippen LogP contribution is 2.21. The van der Waals surface area contributed by atoms with E-state index in [1.54, 1.807) is 20.8 Å². The van der Waals surface area contributed by atoms with E-state index in [0.29, 0.717) is 6.29 Å². The molecule has 0 bridgehead atoms. The highest BCUT2D eigenvalue weighted by atomic mass is 19.1. The number of anilines is 1. The Hall–Kier alpha value is -3.10. The van der Waals surface area contributed by atoms with Gasteiger partial charge < -0.3 is 9.84 Å². The third-order valence-electron chi connectivity index (χ3n) is 2.89. The fourth-order valence-corrected chi connectivity index (χ4v) is 1.83. The molecule has 1 amide bonds. The summed E-state index contributed by atoms with van der Waals surface area (Å²) in [4.78, 5) is 35.6. The van der Waals surface area contributed by atoms with Crippen LogP contribution in [0.5, 0.6) is 5.88 Å². The molecule has 2 aromatic heterocycles. The standard InChI is InChI=1S/C16H17FN4O4/c1-16(2,3)25-15(24)21(14-19-5-10(9-22)6-20-14)8-11-4-12(17)7-18-13(11)23/h4-7,9H,8H2,1-3H3,(H,18,23). The molecule has 0 saturated carbocycles. The van der Waals surface area contributed by atoms with Gasteiger partial charge in [0.15, 0.2) is 6.29 Å². The number of hydrogen-bond donors (Lipinski definition) is 1. The number of ether oxygens (including phenoxy) is 1. The van der Waals surface area contributed by atoms with Crippen molar-refractivity contribution in [3.63, 3.8) is 0 Å². The average Bonchev–Trinajstić information content (AvgIpc) is 2.54. The smallest absolute Gasteiger partial charge is 0.417 e. The maximum Gasteiger partial charge on any atom is 0.417 e. The maximum absolute atomic E-state index is 13.4. The van der Waals surface area contributed by atoms with Crippen LogP contribution in [0.2, 0.25) is 0 Å². The van der Waals surface area contributed by atoms with E-state index in [1.807, 2.05) is 0 Å².